The van der Waals surface area contributed by atoms with E-state index >= 15 is 0 Å². The quantitative estimate of drug-likeness (QED) is 0.557. The fourth-order valence-corrected chi connectivity index (χ4v) is 1.82. The molecule has 3 rings (SSSR count). The molecule has 0 unspecified atom stereocenters. The van der Waals surface area contributed by atoms with Crippen molar-refractivity contribution in [3.8, 4) is 0 Å². The molecule has 0 atom stereocenters. The lowest BCUT2D eigenvalue weighted by Crippen LogP contribution is -2.36. The Bertz CT molecular complexity index is 106. The number of rotatable bonds is 1. The van der Waals surface area contributed by atoms with E-state index in [1.165, 1.54) is 12.8 Å². The molecule has 1 aliphatic carbocycles. The lowest BCUT2D eigenvalue weighted by Gasteiger charge is -2.34. The highest BCUT2D eigenvalue weighted by Crippen LogP contribution is 2.45. The van der Waals surface area contributed by atoms with Crippen molar-refractivity contribution in [3.05, 3.63) is 0 Å². The topological polar surface area (TPSA) is 32.3 Å². The molecule has 0 aromatic rings. The summed E-state index contributed by atoms with van der Waals surface area (Å²) in [6.07, 6.45) is 2.42. The molecule has 2 saturated heterocycles. The van der Waals surface area contributed by atoms with Crippen LogP contribution in [0, 0.1) is 5.41 Å². The Labute approximate surface area is 61.0 Å². The molecule has 0 spiro atoms. The molecule has 0 radical (unpaired) electrons. The van der Waals surface area contributed by atoms with E-state index in [0.29, 0.717) is 12.0 Å². The lowest BCUT2D eigenvalue weighted by atomic mass is 9.71. The van der Waals surface area contributed by atoms with Crippen LogP contribution in [-0.2, 0) is 0 Å². The minimum absolute atomic E-state index is 0. The van der Waals surface area contributed by atoms with E-state index in [1.54, 1.807) is 0 Å². The molecule has 0 aromatic heterocycles. The Balaban J connectivity index is 0.000000405. The van der Waals surface area contributed by atoms with E-state index in [0.717, 1.165) is 12.6 Å². The Hall–Kier alpha value is 0.210. The molecular weight excluding hydrogens is 138 g/mol. The highest BCUT2D eigenvalue weighted by atomic mass is 35.5. The van der Waals surface area contributed by atoms with Crippen LogP contribution in [0.5, 0.6) is 0 Å². The van der Waals surface area contributed by atoms with Gasteiger partial charge in [0.15, 0.2) is 0 Å². The average molecular weight is 150 g/mol. The second-order valence-corrected chi connectivity index (χ2v) is 3.14. The maximum absolute atomic E-state index is 8.82. The van der Waals surface area contributed by atoms with Crippen LogP contribution in [-0.4, -0.2) is 24.3 Å². The van der Waals surface area contributed by atoms with E-state index < -0.39 is 0 Å². The summed E-state index contributed by atoms with van der Waals surface area (Å²) in [5.41, 5.74) is 0.324. The number of halogens is 1. The summed E-state index contributed by atoms with van der Waals surface area (Å²) in [5, 5.41) is 12.1. The third-order valence-electron chi connectivity index (χ3n) is 2.46. The molecule has 0 amide bonds. The molecule has 3 fully saturated rings. The van der Waals surface area contributed by atoms with Crippen molar-refractivity contribution in [2.75, 3.05) is 13.2 Å². The maximum atomic E-state index is 8.82. The van der Waals surface area contributed by atoms with Gasteiger partial charge in [-0.15, -0.1) is 12.4 Å². The van der Waals surface area contributed by atoms with Crippen LogP contribution in [0.1, 0.15) is 12.8 Å². The third kappa shape index (κ3) is 0.858. The fraction of sp³-hybridized carbons (Fsp3) is 1.00. The zero-order chi connectivity index (χ0) is 5.61. The second kappa shape index (κ2) is 2.11. The van der Waals surface area contributed by atoms with Crippen LogP contribution < -0.4 is 5.32 Å². The number of hydrogen-bond donors (Lipinski definition) is 2. The standard InChI is InChI=1S/C6H11NO.ClH/c8-4-6-1-5(2-6)7-3-6;/h5,7-8H,1-4H2;1H. The Morgan fingerprint density at radius 3 is 2.44 bits per heavy atom. The molecule has 2 N–H and O–H groups in total. The zero-order valence-electron chi connectivity index (χ0n) is 5.26. The van der Waals surface area contributed by atoms with E-state index in [9.17, 15) is 0 Å². The Morgan fingerprint density at radius 2 is 2.22 bits per heavy atom. The van der Waals surface area contributed by atoms with Crippen LogP contribution in [0.25, 0.3) is 0 Å². The van der Waals surface area contributed by atoms with Crippen LogP contribution in [0.15, 0.2) is 0 Å². The molecule has 2 nitrogen and oxygen atoms in total. The van der Waals surface area contributed by atoms with E-state index in [2.05, 4.69) is 5.32 Å². The number of nitrogens with one attached hydrogen (secondary N) is 1. The smallest absolute Gasteiger partial charge is 0.0500 e. The van der Waals surface area contributed by atoms with E-state index in [4.69, 9.17) is 5.11 Å². The first-order chi connectivity index (χ1) is 3.85. The molecule has 3 heteroatoms. The SMILES string of the molecule is Cl.OCC12CNC(C1)C2. The van der Waals surface area contributed by atoms with Gasteiger partial charge in [0.1, 0.15) is 0 Å². The van der Waals surface area contributed by atoms with Crippen LogP contribution in [0.4, 0.5) is 0 Å². The number of aliphatic hydroxyl groups is 1. The van der Waals surface area contributed by atoms with Gasteiger partial charge in [-0.05, 0) is 12.8 Å². The molecule has 2 bridgehead atoms. The average Bonchev–Trinajstić information content (AvgIpc) is 2.17. The second-order valence-electron chi connectivity index (χ2n) is 3.14. The first kappa shape index (κ1) is 7.32. The highest BCUT2D eigenvalue weighted by Gasteiger charge is 2.49. The third-order valence-corrected chi connectivity index (χ3v) is 2.46. The molecule has 3 aliphatic rings. The minimum Gasteiger partial charge on any atom is -0.396 e. The van der Waals surface area contributed by atoms with Gasteiger partial charge in [0, 0.05) is 18.0 Å². The van der Waals surface area contributed by atoms with Gasteiger partial charge in [0.25, 0.3) is 0 Å². The number of hydrogen-bond acceptors (Lipinski definition) is 2. The van der Waals surface area contributed by atoms with Crippen molar-refractivity contribution >= 4 is 12.4 Å². The van der Waals surface area contributed by atoms with Gasteiger partial charge in [0.2, 0.25) is 0 Å². The van der Waals surface area contributed by atoms with Gasteiger partial charge >= 0.3 is 0 Å². The van der Waals surface area contributed by atoms with Crippen molar-refractivity contribution in [2.24, 2.45) is 5.41 Å². The summed E-state index contributed by atoms with van der Waals surface area (Å²) in [5.74, 6) is 0. The highest BCUT2D eigenvalue weighted by molar-refractivity contribution is 5.85. The fourth-order valence-electron chi connectivity index (χ4n) is 1.82. The van der Waals surface area contributed by atoms with Crippen molar-refractivity contribution in [1.29, 1.82) is 0 Å². The molecule has 9 heavy (non-hydrogen) atoms. The summed E-state index contributed by atoms with van der Waals surface area (Å²) in [4.78, 5) is 0. The van der Waals surface area contributed by atoms with Crippen LogP contribution in [0.2, 0.25) is 0 Å². The minimum atomic E-state index is 0. The first-order valence-electron chi connectivity index (χ1n) is 3.19. The van der Waals surface area contributed by atoms with Crippen molar-refractivity contribution in [2.45, 2.75) is 18.9 Å². The predicted octanol–water partition coefficient (Wildman–Crippen LogP) is 0.152. The molecule has 0 aromatic carbocycles. The molecular formula is C6H12ClNO. The maximum Gasteiger partial charge on any atom is 0.0500 e. The summed E-state index contributed by atoms with van der Waals surface area (Å²) in [7, 11) is 0. The van der Waals surface area contributed by atoms with E-state index in [1.807, 2.05) is 0 Å². The molecule has 2 heterocycles. The Kier molecular flexibility index (Phi) is 1.72. The lowest BCUT2D eigenvalue weighted by molar-refractivity contribution is 0.0870. The van der Waals surface area contributed by atoms with Gasteiger partial charge in [-0.1, -0.05) is 0 Å². The first-order valence-corrected chi connectivity index (χ1v) is 3.19. The van der Waals surface area contributed by atoms with Crippen LogP contribution >= 0.6 is 12.4 Å². The van der Waals surface area contributed by atoms with E-state index in [-0.39, 0.29) is 12.4 Å². The molecule has 1 saturated carbocycles. The molecule has 2 aliphatic heterocycles. The largest absolute Gasteiger partial charge is 0.396 e. The summed E-state index contributed by atoms with van der Waals surface area (Å²) < 4.78 is 0. The van der Waals surface area contributed by atoms with Gasteiger partial charge in [-0.25, -0.2) is 0 Å². The van der Waals surface area contributed by atoms with Crippen molar-refractivity contribution in [1.82, 2.24) is 5.32 Å². The van der Waals surface area contributed by atoms with Gasteiger partial charge in [-0.2, -0.15) is 0 Å². The van der Waals surface area contributed by atoms with Gasteiger partial charge in [0.05, 0.1) is 6.61 Å². The van der Waals surface area contributed by atoms with Crippen molar-refractivity contribution in [3.63, 3.8) is 0 Å². The number of aliphatic hydroxyl groups excluding tert-OH is 1. The number of fused-ring (bicyclic) bond motifs is 1. The van der Waals surface area contributed by atoms with Gasteiger partial charge < -0.3 is 10.4 Å². The summed E-state index contributed by atoms with van der Waals surface area (Å²) >= 11 is 0. The van der Waals surface area contributed by atoms with Gasteiger partial charge in [-0.3, -0.25) is 0 Å². The predicted molar refractivity (Wildman–Crippen MR) is 37.8 cm³/mol. The van der Waals surface area contributed by atoms with Crippen LogP contribution in [0.3, 0.4) is 0 Å². The summed E-state index contributed by atoms with van der Waals surface area (Å²) in [6, 6.07) is 0.752. The molecule has 54 valence electrons. The normalized spacial score (nSPS) is 45.7. The van der Waals surface area contributed by atoms with Crippen molar-refractivity contribution < 1.29 is 5.11 Å². The monoisotopic (exact) mass is 149 g/mol. The zero-order valence-corrected chi connectivity index (χ0v) is 6.08. The Morgan fingerprint density at radius 1 is 1.56 bits per heavy atom. The summed E-state index contributed by atoms with van der Waals surface area (Å²) in [6.45, 7) is 1.44.